The molecule has 1 saturated heterocycles. The van der Waals surface area contributed by atoms with E-state index in [9.17, 15) is 32.9 Å². The molecule has 4 aromatic carbocycles. The quantitative estimate of drug-likeness (QED) is 0.138. The number of thioether (sulfide) groups is 1. The maximum Gasteiger partial charge on any atom is 0.416 e. The first kappa shape index (κ1) is 26.0. The number of nitro groups is 1. The van der Waals surface area contributed by atoms with Crippen LogP contribution in [0.25, 0.3) is 16.8 Å². The molecular weight excluding hydrogens is 533 g/mol. The summed E-state index contributed by atoms with van der Waals surface area (Å²) in [7, 11) is 0. The molecule has 1 aliphatic rings. The van der Waals surface area contributed by atoms with Crippen molar-refractivity contribution in [1.82, 2.24) is 4.90 Å². The third-order valence-corrected chi connectivity index (χ3v) is 6.86. The third kappa shape index (κ3) is 5.48. The van der Waals surface area contributed by atoms with Gasteiger partial charge in [-0.1, -0.05) is 54.6 Å². The van der Waals surface area contributed by atoms with Crippen LogP contribution in [0.2, 0.25) is 0 Å². The van der Waals surface area contributed by atoms with Crippen molar-refractivity contribution >= 4 is 45.4 Å². The van der Waals surface area contributed by atoms with Crippen LogP contribution in [-0.4, -0.2) is 21.0 Å². The highest BCUT2D eigenvalue weighted by Crippen LogP contribution is 2.39. The van der Waals surface area contributed by atoms with Crippen molar-refractivity contribution in [2.24, 2.45) is 0 Å². The first-order chi connectivity index (χ1) is 18.6. The number of hydrogen-bond acceptors (Lipinski definition) is 6. The maximum atomic E-state index is 13.1. The summed E-state index contributed by atoms with van der Waals surface area (Å²) >= 11 is 0.783. The van der Waals surface area contributed by atoms with Crippen LogP contribution in [0.4, 0.5) is 23.7 Å². The Kier molecular flexibility index (Phi) is 6.83. The van der Waals surface area contributed by atoms with Crippen LogP contribution in [0.1, 0.15) is 16.7 Å². The van der Waals surface area contributed by atoms with E-state index in [4.69, 9.17) is 4.74 Å². The van der Waals surface area contributed by atoms with E-state index in [1.807, 2.05) is 42.5 Å². The smallest absolute Gasteiger partial charge is 0.416 e. The van der Waals surface area contributed by atoms with Crippen molar-refractivity contribution in [3.05, 3.63) is 117 Å². The van der Waals surface area contributed by atoms with Gasteiger partial charge in [-0.3, -0.25) is 24.6 Å². The number of amides is 2. The number of nitrogens with zero attached hydrogens (tertiary/aromatic N) is 2. The fourth-order valence-corrected chi connectivity index (χ4v) is 4.94. The molecule has 0 radical (unpaired) electrons. The van der Waals surface area contributed by atoms with Crippen LogP contribution < -0.4 is 4.74 Å². The molecule has 0 atom stereocenters. The topological polar surface area (TPSA) is 89.7 Å². The largest absolute Gasteiger partial charge is 0.450 e. The van der Waals surface area contributed by atoms with Gasteiger partial charge in [0.1, 0.15) is 5.75 Å². The SMILES string of the molecule is O=C1S/C(=C\c2cccc(Oc3ccc(C(F)(F)F)cc3[N+](=O)[O-])c2)C(=O)N1Cc1cccc2ccccc12. The Labute approximate surface area is 223 Å². The Morgan fingerprint density at radius 1 is 0.949 bits per heavy atom. The minimum Gasteiger partial charge on any atom is -0.450 e. The highest BCUT2D eigenvalue weighted by atomic mass is 32.2. The van der Waals surface area contributed by atoms with E-state index in [0.29, 0.717) is 17.7 Å². The summed E-state index contributed by atoms with van der Waals surface area (Å²) in [6.07, 6.45) is -3.26. The minimum absolute atomic E-state index is 0.0987. The summed E-state index contributed by atoms with van der Waals surface area (Å²) in [5, 5.41) is 12.9. The standard InChI is InChI=1S/C28H17F3N2O5S/c29-28(30,31)20-11-12-24(23(15-20)33(36)37)38-21-9-3-5-17(13-21)14-25-26(34)32(27(35)39-25)16-19-8-4-7-18-6-1-2-10-22(18)19/h1-15H,16H2/b25-14-. The van der Waals surface area contributed by atoms with Gasteiger partial charge in [-0.25, -0.2) is 0 Å². The third-order valence-electron chi connectivity index (χ3n) is 5.95. The number of ether oxygens (including phenoxy) is 1. The molecule has 11 heteroatoms. The molecule has 1 fully saturated rings. The maximum absolute atomic E-state index is 13.1. The van der Waals surface area contributed by atoms with Gasteiger partial charge in [0.15, 0.2) is 0 Å². The van der Waals surface area contributed by atoms with Crippen molar-refractivity contribution in [2.45, 2.75) is 12.7 Å². The van der Waals surface area contributed by atoms with E-state index >= 15 is 0 Å². The Balaban J connectivity index is 1.37. The van der Waals surface area contributed by atoms with Crippen molar-refractivity contribution in [3.63, 3.8) is 0 Å². The zero-order valence-electron chi connectivity index (χ0n) is 19.8. The van der Waals surface area contributed by atoms with Crippen LogP contribution >= 0.6 is 11.8 Å². The molecule has 0 spiro atoms. The molecule has 0 aliphatic carbocycles. The van der Waals surface area contributed by atoms with Gasteiger partial charge < -0.3 is 4.74 Å². The van der Waals surface area contributed by atoms with E-state index in [-0.39, 0.29) is 22.9 Å². The molecule has 0 unspecified atom stereocenters. The normalized spacial score (nSPS) is 14.8. The van der Waals surface area contributed by atoms with E-state index in [1.54, 1.807) is 12.1 Å². The summed E-state index contributed by atoms with van der Waals surface area (Å²) < 4.78 is 44.5. The summed E-state index contributed by atoms with van der Waals surface area (Å²) in [6.45, 7) is 0.101. The van der Waals surface area contributed by atoms with Crippen molar-refractivity contribution < 1.29 is 32.4 Å². The molecule has 5 rings (SSSR count). The van der Waals surface area contributed by atoms with Gasteiger partial charge in [-0.2, -0.15) is 13.2 Å². The number of carbonyl (C=O) groups is 2. The van der Waals surface area contributed by atoms with Gasteiger partial charge in [-0.15, -0.1) is 0 Å². The fourth-order valence-electron chi connectivity index (χ4n) is 4.11. The predicted octanol–water partition coefficient (Wildman–Crippen LogP) is 7.80. The molecule has 196 valence electrons. The van der Waals surface area contributed by atoms with Crippen LogP contribution in [0.15, 0.2) is 89.8 Å². The predicted molar refractivity (Wildman–Crippen MR) is 140 cm³/mol. The average Bonchev–Trinajstić information content (AvgIpc) is 3.15. The molecule has 0 aromatic heterocycles. The number of alkyl halides is 3. The van der Waals surface area contributed by atoms with E-state index in [2.05, 4.69) is 0 Å². The van der Waals surface area contributed by atoms with Gasteiger partial charge in [-0.05, 0) is 64.0 Å². The number of imide groups is 1. The summed E-state index contributed by atoms with van der Waals surface area (Å²) in [5.74, 6) is -0.746. The lowest BCUT2D eigenvalue weighted by molar-refractivity contribution is -0.385. The van der Waals surface area contributed by atoms with Gasteiger partial charge >= 0.3 is 11.9 Å². The van der Waals surface area contributed by atoms with Crippen LogP contribution in [0.3, 0.4) is 0 Å². The number of carbonyl (C=O) groups excluding carboxylic acids is 2. The molecule has 7 nitrogen and oxygen atoms in total. The highest BCUT2D eigenvalue weighted by Gasteiger charge is 2.35. The zero-order chi connectivity index (χ0) is 27.7. The Morgan fingerprint density at radius 2 is 1.69 bits per heavy atom. The van der Waals surface area contributed by atoms with Gasteiger partial charge in [0.05, 0.1) is 21.9 Å². The van der Waals surface area contributed by atoms with Crippen LogP contribution in [0, 0.1) is 10.1 Å². The molecule has 1 heterocycles. The van der Waals surface area contributed by atoms with E-state index < -0.39 is 33.5 Å². The van der Waals surface area contributed by atoms with Gasteiger partial charge in [0.25, 0.3) is 11.1 Å². The first-order valence-electron chi connectivity index (χ1n) is 11.5. The molecule has 0 bridgehead atoms. The first-order valence-corrected chi connectivity index (χ1v) is 12.3. The summed E-state index contributed by atoms with van der Waals surface area (Å²) in [4.78, 5) is 37.5. The van der Waals surface area contributed by atoms with Crippen LogP contribution in [0.5, 0.6) is 11.5 Å². The number of benzene rings is 4. The van der Waals surface area contributed by atoms with Crippen LogP contribution in [-0.2, 0) is 17.5 Å². The lowest BCUT2D eigenvalue weighted by atomic mass is 10.0. The number of fused-ring (bicyclic) bond motifs is 1. The fraction of sp³-hybridized carbons (Fsp3) is 0.0714. The molecular formula is C28H17F3N2O5S. The lowest BCUT2D eigenvalue weighted by Crippen LogP contribution is -2.27. The Morgan fingerprint density at radius 3 is 2.46 bits per heavy atom. The lowest BCUT2D eigenvalue weighted by Gasteiger charge is -2.14. The van der Waals surface area contributed by atoms with E-state index in [0.717, 1.165) is 39.1 Å². The van der Waals surface area contributed by atoms with E-state index in [1.165, 1.54) is 18.2 Å². The minimum atomic E-state index is -4.75. The second kappa shape index (κ2) is 10.3. The second-order valence-corrected chi connectivity index (χ2v) is 9.51. The Bertz CT molecular complexity index is 1660. The monoisotopic (exact) mass is 550 g/mol. The van der Waals surface area contributed by atoms with Gasteiger partial charge in [0, 0.05) is 6.07 Å². The number of halogens is 3. The van der Waals surface area contributed by atoms with Crippen molar-refractivity contribution in [3.8, 4) is 11.5 Å². The summed E-state index contributed by atoms with van der Waals surface area (Å²) in [5.41, 5.74) is -0.734. The summed E-state index contributed by atoms with van der Waals surface area (Å²) in [6, 6.07) is 21.4. The molecule has 2 amide bonds. The molecule has 0 saturated carbocycles. The highest BCUT2D eigenvalue weighted by molar-refractivity contribution is 8.18. The second-order valence-electron chi connectivity index (χ2n) is 8.52. The number of hydrogen-bond donors (Lipinski definition) is 0. The van der Waals surface area contributed by atoms with Gasteiger partial charge in [0.2, 0.25) is 5.75 Å². The molecule has 39 heavy (non-hydrogen) atoms. The molecule has 0 N–H and O–H groups in total. The number of nitro benzene ring substituents is 1. The van der Waals surface area contributed by atoms with Crippen molar-refractivity contribution in [2.75, 3.05) is 0 Å². The molecule has 4 aromatic rings. The molecule has 1 aliphatic heterocycles. The zero-order valence-corrected chi connectivity index (χ0v) is 20.7. The van der Waals surface area contributed by atoms with Crippen molar-refractivity contribution in [1.29, 1.82) is 0 Å². The average molecular weight is 551 g/mol. The Hall–Kier alpha value is -4.64. The number of rotatable bonds is 6.